The van der Waals surface area contributed by atoms with E-state index in [1.54, 1.807) is 6.20 Å². The maximum atomic E-state index is 12.2. The van der Waals surface area contributed by atoms with E-state index in [9.17, 15) is 4.79 Å². The van der Waals surface area contributed by atoms with Gasteiger partial charge in [0.25, 0.3) is 0 Å². The van der Waals surface area contributed by atoms with Crippen molar-refractivity contribution in [2.24, 2.45) is 0 Å². The first kappa shape index (κ1) is 13.1. The second kappa shape index (κ2) is 6.04. The van der Waals surface area contributed by atoms with Gasteiger partial charge in [-0.25, -0.2) is 0 Å². The SMILES string of the molecule is O=C(Cc1cccc2cccnc12)NC1CCCCC1. The zero-order valence-electron chi connectivity index (χ0n) is 11.6. The van der Waals surface area contributed by atoms with E-state index < -0.39 is 0 Å². The third-order valence-electron chi connectivity index (χ3n) is 4.04. The van der Waals surface area contributed by atoms with Gasteiger partial charge in [0, 0.05) is 17.6 Å². The van der Waals surface area contributed by atoms with Gasteiger partial charge in [0.05, 0.1) is 11.9 Å². The molecule has 20 heavy (non-hydrogen) atoms. The summed E-state index contributed by atoms with van der Waals surface area (Å²) >= 11 is 0. The highest BCUT2D eigenvalue weighted by Gasteiger charge is 2.16. The molecule has 104 valence electrons. The Labute approximate surface area is 119 Å². The monoisotopic (exact) mass is 268 g/mol. The fourth-order valence-electron chi connectivity index (χ4n) is 3.01. The maximum absolute atomic E-state index is 12.2. The Bertz CT molecular complexity index is 597. The van der Waals surface area contributed by atoms with E-state index in [1.807, 2.05) is 30.3 Å². The Balaban J connectivity index is 1.71. The molecule has 1 amide bonds. The lowest BCUT2D eigenvalue weighted by molar-refractivity contribution is -0.121. The molecule has 1 heterocycles. The Kier molecular flexibility index (Phi) is 3.95. The third kappa shape index (κ3) is 2.98. The Morgan fingerprint density at radius 1 is 1.15 bits per heavy atom. The van der Waals surface area contributed by atoms with Crippen molar-refractivity contribution in [3.05, 3.63) is 42.1 Å². The minimum Gasteiger partial charge on any atom is -0.353 e. The van der Waals surface area contributed by atoms with Crippen LogP contribution in [0, 0.1) is 0 Å². The van der Waals surface area contributed by atoms with Gasteiger partial charge in [0.2, 0.25) is 5.91 Å². The normalized spacial score (nSPS) is 16.2. The molecule has 1 aromatic heterocycles. The molecule has 1 saturated carbocycles. The number of amides is 1. The van der Waals surface area contributed by atoms with Crippen molar-refractivity contribution in [2.45, 2.75) is 44.6 Å². The van der Waals surface area contributed by atoms with Crippen LogP contribution in [0.15, 0.2) is 36.5 Å². The Morgan fingerprint density at radius 2 is 1.95 bits per heavy atom. The second-order valence-corrected chi connectivity index (χ2v) is 5.57. The number of nitrogens with one attached hydrogen (secondary N) is 1. The molecule has 3 nitrogen and oxygen atoms in total. The van der Waals surface area contributed by atoms with E-state index in [1.165, 1.54) is 19.3 Å². The summed E-state index contributed by atoms with van der Waals surface area (Å²) < 4.78 is 0. The molecular weight excluding hydrogens is 248 g/mol. The number of benzene rings is 1. The second-order valence-electron chi connectivity index (χ2n) is 5.57. The van der Waals surface area contributed by atoms with Crippen LogP contribution in [0.1, 0.15) is 37.7 Å². The number of carbonyl (C=O) groups excluding carboxylic acids is 1. The fraction of sp³-hybridized carbons (Fsp3) is 0.412. The van der Waals surface area contributed by atoms with Crippen LogP contribution in [-0.2, 0) is 11.2 Å². The van der Waals surface area contributed by atoms with Crippen LogP contribution in [0.2, 0.25) is 0 Å². The number of fused-ring (bicyclic) bond motifs is 1. The average molecular weight is 268 g/mol. The molecule has 0 saturated heterocycles. The van der Waals surface area contributed by atoms with Crippen LogP contribution in [-0.4, -0.2) is 16.9 Å². The zero-order chi connectivity index (χ0) is 13.8. The van der Waals surface area contributed by atoms with E-state index in [0.29, 0.717) is 12.5 Å². The first-order valence-electron chi connectivity index (χ1n) is 7.45. The van der Waals surface area contributed by atoms with Crippen molar-refractivity contribution < 1.29 is 4.79 Å². The quantitative estimate of drug-likeness (QED) is 0.928. The van der Waals surface area contributed by atoms with Crippen LogP contribution in [0.5, 0.6) is 0 Å². The number of para-hydroxylation sites is 1. The summed E-state index contributed by atoms with van der Waals surface area (Å²) in [4.78, 5) is 16.6. The van der Waals surface area contributed by atoms with Gasteiger partial charge in [-0.1, -0.05) is 43.5 Å². The standard InChI is InChI=1S/C17H20N2O/c20-16(19-15-9-2-1-3-10-15)12-14-7-4-6-13-8-5-11-18-17(13)14/h4-8,11,15H,1-3,9-10,12H2,(H,19,20). The van der Waals surface area contributed by atoms with E-state index >= 15 is 0 Å². The molecule has 0 radical (unpaired) electrons. The minimum atomic E-state index is 0.120. The van der Waals surface area contributed by atoms with Crippen molar-refractivity contribution in [3.63, 3.8) is 0 Å². The molecule has 1 aliphatic carbocycles. The van der Waals surface area contributed by atoms with Crippen LogP contribution in [0.4, 0.5) is 0 Å². The summed E-state index contributed by atoms with van der Waals surface area (Å²) in [5, 5.41) is 4.26. The van der Waals surface area contributed by atoms with Crippen LogP contribution >= 0.6 is 0 Å². The number of nitrogens with zero attached hydrogens (tertiary/aromatic N) is 1. The molecule has 3 heteroatoms. The van der Waals surface area contributed by atoms with E-state index in [4.69, 9.17) is 0 Å². The van der Waals surface area contributed by atoms with Crippen molar-refractivity contribution in [1.29, 1.82) is 0 Å². The van der Waals surface area contributed by atoms with Gasteiger partial charge in [-0.05, 0) is 24.5 Å². The predicted octanol–water partition coefficient (Wildman–Crippen LogP) is 3.23. The lowest BCUT2D eigenvalue weighted by Gasteiger charge is -2.22. The van der Waals surface area contributed by atoms with E-state index in [-0.39, 0.29) is 5.91 Å². The molecule has 0 aliphatic heterocycles. The number of carbonyl (C=O) groups is 1. The fourth-order valence-corrected chi connectivity index (χ4v) is 3.01. The van der Waals surface area contributed by atoms with Crippen molar-refractivity contribution in [1.82, 2.24) is 10.3 Å². The van der Waals surface area contributed by atoms with Gasteiger partial charge >= 0.3 is 0 Å². The number of pyridine rings is 1. The average Bonchev–Trinajstić information content (AvgIpc) is 2.48. The third-order valence-corrected chi connectivity index (χ3v) is 4.04. The highest BCUT2D eigenvalue weighted by atomic mass is 16.1. The van der Waals surface area contributed by atoms with Gasteiger partial charge in [0.1, 0.15) is 0 Å². The van der Waals surface area contributed by atoms with Gasteiger partial charge in [-0.2, -0.15) is 0 Å². The predicted molar refractivity (Wildman–Crippen MR) is 80.5 cm³/mol. The molecule has 3 rings (SSSR count). The minimum absolute atomic E-state index is 0.120. The molecule has 1 aromatic carbocycles. The molecule has 0 atom stereocenters. The summed E-state index contributed by atoms with van der Waals surface area (Å²) in [5.74, 6) is 0.120. The summed E-state index contributed by atoms with van der Waals surface area (Å²) in [6.07, 6.45) is 8.23. The zero-order valence-corrected chi connectivity index (χ0v) is 11.6. The first-order chi connectivity index (χ1) is 9.83. The Hall–Kier alpha value is -1.90. The van der Waals surface area contributed by atoms with Crippen LogP contribution < -0.4 is 5.32 Å². The molecule has 0 spiro atoms. The molecular formula is C17H20N2O. The van der Waals surface area contributed by atoms with Crippen molar-refractivity contribution in [2.75, 3.05) is 0 Å². The topological polar surface area (TPSA) is 42.0 Å². The molecule has 0 bridgehead atoms. The summed E-state index contributed by atoms with van der Waals surface area (Å²) in [5.41, 5.74) is 1.95. The lowest BCUT2D eigenvalue weighted by atomic mass is 9.95. The largest absolute Gasteiger partial charge is 0.353 e. The van der Waals surface area contributed by atoms with Gasteiger partial charge in [-0.15, -0.1) is 0 Å². The summed E-state index contributed by atoms with van der Waals surface area (Å²) in [7, 11) is 0. The molecule has 1 fully saturated rings. The maximum Gasteiger partial charge on any atom is 0.224 e. The van der Waals surface area contributed by atoms with Crippen molar-refractivity contribution >= 4 is 16.8 Å². The van der Waals surface area contributed by atoms with Gasteiger partial charge in [0.15, 0.2) is 0 Å². The molecule has 0 unspecified atom stereocenters. The summed E-state index contributed by atoms with van der Waals surface area (Å²) in [6, 6.07) is 10.4. The van der Waals surface area contributed by atoms with Crippen LogP contribution in [0.3, 0.4) is 0 Å². The van der Waals surface area contributed by atoms with E-state index in [0.717, 1.165) is 29.3 Å². The van der Waals surface area contributed by atoms with Crippen molar-refractivity contribution in [3.8, 4) is 0 Å². The molecule has 1 aliphatic rings. The highest BCUT2D eigenvalue weighted by molar-refractivity contribution is 5.87. The molecule has 1 N–H and O–H groups in total. The summed E-state index contributed by atoms with van der Waals surface area (Å²) in [6.45, 7) is 0. The van der Waals surface area contributed by atoms with Gasteiger partial charge < -0.3 is 5.32 Å². The number of rotatable bonds is 3. The first-order valence-corrected chi connectivity index (χ1v) is 7.45. The number of hydrogen-bond donors (Lipinski definition) is 1. The highest BCUT2D eigenvalue weighted by Crippen LogP contribution is 2.19. The van der Waals surface area contributed by atoms with E-state index in [2.05, 4.69) is 10.3 Å². The molecule has 2 aromatic rings. The lowest BCUT2D eigenvalue weighted by Crippen LogP contribution is -2.37. The smallest absolute Gasteiger partial charge is 0.224 e. The Morgan fingerprint density at radius 3 is 2.80 bits per heavy atom. The number of aromatic nitrogens is 1. The van der Waals surface area contributed by atoms with Gasteiger partial charge in [-0.3, -0.25) is 9.78 Å². The van der Waals surface area contributed by atoms with Crippen LogP contribution in [0.25, 0.3) is 10.9 Å². The number of hydrogen-bond acceptors (Lipinski definition) is 2.